The zero-order valence-corrected chi connectivity index (χ0v) is 23.5. The molecule has 0 radical (unpaired) electrons. The lowest BCUT2D eigenvalue weighted by molar-refractivity contribution is 0.653. The van der Waals surface area contributed by atoms with Crippen molar-refractivity contribution in [3.8, 4) is 0 Å². The second-order valence-corrected chi connectivity index (χ2v) is 13.5. The van der Waals surface area contributed by atoms with Gasteiger partial charge in [-0.1, -0.05) is 149 Å². The lowest BCUT2D eigenvalue weighted by Gasteiger charge is -2.32. The number of hydrogen-bond acceptors (Lipinski definition) is 0. The Kier molecular flexibility index (Phi) is 11.2. The van der Waals surface area contributed by atoms with Gasteiger partial charge in [-0.25, -0.2) is 0 Å². The van der Waals surface area contributed by atoms with E-state index in [2.05, 4.69) is 151 Å². The first-order chi connectivity index (χ1) is 17.0. The summed E-state index contributed by atoms with van der Waals surface area (Å²) >= 11 is 0. The maximum absolute atomic E-state index is 2.82. The summed E-state index contributed by atoms with van der Waals surface area (Å²) in [5, 5.41) is 3.21. The van der Waals surface area contributed by atoms with E-state index in [-0.39, 0.29) is 13.1 Å². The third-order valence-corrected chi connectivity index (χ3v) is 9.43. The van der Waals surface area contributed by atoms with Gasteiger partial charge in [0.25, 0.3) is 0 Å². The van der Waals surface area contributed by atoms with Crippen LogP contribution in [0.5, 0.6) is 0 Å². The van der Waals surface area contributed by atoms with Crippen LogP contribution in [0.25, 0.3) is 0 Å². The summed E-state index contributed by atoms with van der Waals surface area (Å²) in [5.41, 5.74) is 2.87. The minimum absolute atomic E-state index is 0.290. The average Bonchev–Trinajstić information content (AvgIpc) is 2.89. The van der Waals surface area contributed by atoms with E-state index in [0.717, 1.165) is 0 Å². The van der Waals surface area contributed by atoms with Gasteiger partial charge in [-0.05, 0) is 53.8 Å². The highest BCUT2D eigenvalue weighted by Gasteiger charge is 2.26. The molecule has 0 saturated heterocycles. The Labute approximate surface area is 217 Å². The van der Waals surface area contributed by atoms with Gasteiger partial charge >= 0.3 is 0 Å². The lowest BCUT2D eigenvalue weighted by atomic mass is 9.87. The van der Waals surface area contributed by atoms with Gasteiger partial charge in [-0.3, -0.25) is 0 Å². The molecule has 0 aliphatic heterocycles. The van der Waals surface area contributed by atoms with Crippen molar-refractivity contribution in [2.45, 2.75) is 51.1 Å². The van der Waals surface area contributed by atoms with Crippen LogP contribution >= 0.6 is 17.2 Å². The molecule has 0 N–H and O–H groups in total. The zero-order chi connectivity index (χ0) is 24.9. The Bertz CT molecular complexity index is 993. The highest BCUT2D eigenvalue weighted by molar-refractivity contribution is 7.74. The minimum atomic E-state index is -0.292. The van der Waals surface area contributed by atoms with Crippen LogP contribution in [-0.2, 0) is 0 Å². The Hall–Kier alpha value is -2.26. The lowest BCUT2D eigenvalue weighted by Crippen LogP contribution is -2.26. The van der Waals surface area contributed by atoms with Crippen molar-refractivity contribution < 1.29 is 0 Å². The van der Waals surface area contributed by atoms with Crippen LogP contribution in [-0.4, -0.2) is 11.3 Å². The molecule has 0 heterocycles. The smallest absolute Gasteiger partial charge is 0.00893 e. The van der Waals surface area contributed by atoms with E-state index < -0.39 is 0 Å². The molecule has 0 aromatic heterocycles. The maximum atomic E-state index is 2.82. The summed E-state index contributed by atoms with van der Waals surface area (Å²) in [7, 11) is 2.53. The summed E-state index contributed by atoms with van der Waals surface area (Å²) in [6.45, 7) is 7.00. The van der Waals surface area contributed by atoms with Gasteiger partial charge < -0.3 is 0 Å². The summed E-state index contributed by atoms with van der Waals surface area (Å²) < 4.78 is 0. The molecule has 4 aromatic carbocycles. The van der Waals surface area contributed by atoms with E-state index in [4.69, 9.17) is 0 Å². The van der Waals surface area contributed by atoms with Crippen LogP contribution in [0.1, 0.15) is 57.1 Å². The summed E-state index contributed by atoms with van der Waals surface area (Å²) in [5.74, 6) is 0.545. The van der Waals surface area contributed by atoms with Gasteiger partial charge in [0.05, 0.1) is 0 Å². The molecule has 1 unspecified atom stereocenters. The first-order valence-electron chi connectivity index (χ1n) is 12.7. The molecule has 0 saturated carbocycles. The molecule has 4 aromatic rings. The van der Waals surface area contributed by atoms with Crippen molar-refractivity contribution in [3.63, 3.8) is 0 Å². The normalized spacial score (nSPS) is 11.3. The van der Waals surface area contributed by atoms with Gasteiger partial charge in [0.1, 0.15) is 0 Å². The minimum Gasteiger partial charge on any atom is -0.138 e. The third-order valence-electron chi connectivity index (χ3n) is 6.05. The van der Waals surface area contributed by atoms with Gasteiger partial charge in [0, 0.05) is 5.92 Å². The average molecular weight is 499 g/mol. The molecule has 0 fully saturated rings. The van der Waals surface area contributed by atoms with Crippen molar-refractivity contribution in [1.29, 1.82) is 0 Å². The molecule has 0 bridgehead atoms. The van der Waals surface area contributed by atoms with Gasteiger partial charge in [0.2, 0.25) is 0 Å². The van der Waals surface area contributed by atoms with Crippen molar-refractivity contribution in [2.75, 3.05) is 6.16 Å². The van der Waals surface area contributed by atoms with Crippen LogP contribution in [0.15, 0.2) is 121 Å². The van der Waals surface area contributed by atoms with E-state index in [0.29, 0.717) is 5.92 Å². The van der Waals surface area contributed by atoms with Crippen molar-refractivity contribution >= 4 is 27.8 Å². The predicted octanol–water partition coefficient (Wildman–Crippen LogP) is 8.78. The van der Waals surface area contributed by atoms with Gasteiger partial charge in [-0.2, -0.15) is 0 Å². The molecule has 0 aliphatic rings. The monoisotopic (exact) mass is 498 g/mol. The first-order valence-corrected chi connectivity index (χ1v) is 14.9. The number of rotatable bonds is 8. The summed E-state index contributed by atoms with van der Waals surface area (Å²) in [6, 6.07) is 43.5. The fourth-order valence-electron chi connectivity index (χ4n) is 4.47. The molecule has 35 heavy (non-hydrogen) atoms. The standard InChI is InChI=1S/C17H21P.C16H19P/c18-14-8-7-13-17(15-9-3-1-4-10-15)16-11-5-2-6-12-16;1-16(2,3)17(14-10-6-4-7-11-14)15-12-8-5-9-13-15/h1-6,9-12,17H,7-8,13-14,18H2;4-13H,1-3H3. The molecule has 4 rings (SSSR count). The second-order valence-electron chi connectivity index (χ2n) is 9.84. The van der Waals surface area contributed by atoms with Gasteiger partial charge in [0.15, 0.2) is 0 Å². The van der Waals surface area contributed by atoms with Gasteiger partial charge in [-0.15, -0.1) is 9.24 Å². The zero-order valence-electron chi connectivity index (χ0n) is 21.5. The summed E-state index contributed by atoms with van der Waals surface area (Å²) in [6.07, 6.45) is 5.03. The van der Waals surface area contributed by atoms with Crippen molar-refractivity contribution in [1.82, 2.24) is 0 Å². The Morgan fingerprint density at radius 2 is 0.943 bits per heavy atom. The van der Waals surface area contributed by atoms with E-state index in [1.165, 1.54) is 47.2 Å². The highest BCUT2D eigenvalue weighted by atomic mass is 31.1. The Morgan fingerprint density at radius 1 is 0.571 bits per heavy atom. The number of unbranched alkanes of at least 4 members (excludes halogenated alkanes) is 1. The van der Waals surface area contributed by atoms with Crippen LogP contribution in [0.2, 0.25) is 0 Å². The molecular weight excluding hydrogens is 458 g/mol. The Balaban J connectivity index is 0.000000196. The SMILES string of the molecule is CC(C)(C)P(c1ccccc1)c1ccccc1.PCCCCC(c1ccccc1)c1ccccc1. The fraction of sp³-hybridized carbons (Fsp3) is 0.273. The molecule has 0 aliphatic carbocycles. The summed E-state index contributed by atoms with van der Waals surface area (Å²) in [4.78, 5) is 0. The maximum Gasteiger partial charge on any atom is 0.00893 e. The quantitative estimate of drug-likeness (QED) is 0.168. The molecule has 0 amide bonds. The van der Waals surface area contributed by atoms with Crippen LogP contribution in [0.3, 0.4) is 0 Å². The van der Waals surface area contributed by atoms with Crippen LogP contribution < -0.4 is 10.6 Å². The molecule has 182 valence electrons. The Morgan fingerprint density at radius 3 is 1.29 bits per heavy atom. The molecule has 0 nitrogen and oxygen atoms in total. The molecular formula is C33H40P2. The predicted molar refractivity (Wildman–Crippen MR) is 162 cm³/mol. The molecule has 0 spiro atoms. The van der Waals surface area contributed by atoms with E-state index >= 15 is 0 Å². The first kappa shape index (κ1) is 27.3. The van der Waals surface area contributed by atoms with E-state index in [9.17, 15) is 0 Å². The van der Waals surface area contributed by atoms with Crippen LogP contribution in [0, 0.1) is 0 Å². The van der Waals surface area contributed by atoms with E-state index in [1.807, 2.05) is 0 Å². The van der Waals surface area contributed by atoms with Crippen LogP contribution in [0.4, 0.5) is 0 Å². The molecule has 2 heteroatoms. The van der Waals surface area contributed by atoms with Crippen molar-refractivity contribution in [2.24, 2.45) is 0 Å². The van der Waals surface area contributed by atoms with E-state index in [1.54, 1.807) is 0 Å². The largest absolute Gasteiger partial charge is 0.138 e. The third kappa shape index (κ3) is 8.72. The van der Waals surface area contributed by atoms with Crippen molar-refractivity contribution in [3.05, 3.63) is 132 Å². The molecule has 1 atom stereocenters. The second kappa shape index (κ2) is 14.3. The fourth-order valence-corrected chi connectivity index (χ4v) is 7.54. The highest BCUT2D eigenvalue weighted by Crippen LogP contribution is 2.47. The number of benzene rings is 4. The number of hydrogen-bond donors (Lipinski definition) is 0. The topological polar surface area (TPSA) is 0 Å².